The maximum Gasteiger partial charge on any atom is 0.0264 e. The van der Waals surface area contributed by atoms with Crippen LogP contribution in [0.2, 0.25) is 0 Å². The van der Waals surface area contributed by atoms with E-state index in [0.717, 1.165) is 13.1 Å². The first-order valence-electron chi connectivity index (χ1n) is 5.09. The molecule has 0 radical (unpaired) electrons. The van der Waals surface area contributed by atoms with Gasteiger partial charge >= 0.3 is 0 Å². The monoisotopic (exact) mass is 184 g/mol. The first-order valence-corrected chi connectivity index (χ1v) is 5.09. The number of allylic oxidation sites excluding steroid dienone is 1. The maximum absolute atomic E-state index is 3.47. The molecule has 13 heavy (non-hydrogen) atoms. The van der Waals surface area contributed by atoms with Crippen molar-refractivity contribution >= 4 is 0 Å². The van der Waals surface area contributed by atoms with Crippen molar-refractivity contribution in [2.75, 3.05) is 27.2 Å². The molecule has 2 heteroatoms. The molecule has 0 aromatic rings. The van der Waals surface area contributed by atoms with Crippen LogP contribution >= 0.6 is 0 Å². The quantitative estimate of drug-likeness (QED) is 0.634. The molecule has 0 rings (SSSR count). The van der Waals surface area contributed by atoms with Crippen LogP contribution in [-0.2, 0) is 0 Å². The van der Waals surface area contributed by atoms with Crippen LogP contribution in [0.5, 0.6) is 0 Å². The van der Waals surface area contributed by atoms with Crippen LogP contribution in [0.1, 0.15) is 27.2 Å². The Kier molecular flexibility index (Phi) is 6.92. The van der Waals surface area contributed by atoms with Crippen molar-refractivity contribution in [3.05, 3.63) is 11.6 Å². The van der Waals surface area contributed by atoms with E-state index < -0.39 is 0 Å². The van der Waals surface area contributed by atoms with Crippen LogP contribution in [-0.4, -0.2) is 38.1 Å². The van der Waals surface area contributed by atoms with Gasteiger partial charge in [-0.3, -0.25) is 0 Å². The van der Waals surface area contributed by atoms with E-state index in [1.165, 1.54) is 12.0 Å². The summed E-state index contributed by atoms with van der Waals surface area (Å²) in [5.74, 6) is 0. The fourth-order valence-corrected chi connectivity index (χ4v) is 1.31. The van der Waals surface area contributed by atoms with Gasteiger partial charge in [0.25, 0.3) is 0 Å². The fourth-order valence-electron chi connectivity index (χ4n) is 1.31. The van der Waals surface area contributed by atoms with Gasteiger partial charge in [-0.1, -0.05) is 18.6 Å². The number of likely N-dealkylation sites (N-methyl/N-ethyl adjacent to an activating group) is 1. The van der Waals surface area contributed by atoms with Gasteiger partial charge in [0.1, 0.15) is 0 Å². The van der Waals surface area contributed by atoms with Gasteiger partial charge in [-0.2, -0.15) is 0 Å². The summed E-state index contributed by atoms with van der Waals surface area (Å²) in [7, 11) is 4.23. The van der Waals surface area contributed by atoms with Crippen LogP contribution in [0, 0.1) is 0 Å². The number of nitrogens with one attached hydrogen (secondary N) is 1. The van der Waals surface area contributed by atoms with Crippen molar-refractivity contribution in [1.29, 1.82) is 0 Å². The van der Waals surface area contributed by atoms with Crippen molar-refractivity contribution in [1.82, 2.24) is 10.2 Å². The predicted molar refractivity (Wildman–Crippen MR) is 60.1 cm³/mol. The van der Waals surface area contributed by atoms with Gasteiger partial charge in [0.2, 0.25) is 0 Å². The van der Waals surface area contributed by atoms with E-state index in [0.29, 0.717) is 6.04 Å². The van der Waals surface area contributed by atoms with Crippen molar-refractivity contribution in [2.24, 2.45) is 0 Å². The molecule has 0 aliphatic rings. The molecule has 78 valence electrons. The van der Waals surface area contributed by atoms with Crippen molar-refractivity contribution in [3.63, 3.8) is 0 Å². The van der Waals surface area contributed by atoms with E-state index in [1.54, 1.807) is 0 Å². The van der Waals surface area contributed by atoms with Gasteiger partial charge < -0.3 is 10.2 Å². The Morgan fingerprint density at radius 2 is 2.00 bits per heavy atom. The molecule has 0 aliphatic carbocycles. The molecule has 0 saturated heterocycles. The largest absolute Gasteiger partial charge is 0.311 e. The second-order valence-electron chi connectivity index (χ2n) is 4.00. The Morgan fingerprint density at radius 1 is 1.38 bits per heavy atom. The molecule has 1 N–H and O–H groups in total. The van der Waals surface area contributed by atoms with E-state index in [9.17, 15) is 0 Å². The lowest BCUT2D eigenvalue weighted by atomic mass is 10.1. The van der Waals surface area contributed by atoms with E-state index in [2.05, 4.69) is 51.2 Å². The van der Waals surface area contributed by atoms with E-state index >= 15 is 0 Å². The Hall–Kier alpha value is -0.340. The minimum Gasteiger partial charge on any atom is -0.311 e. The van der Waals surface area contributed by atoms with Gasteiger partial charge in [-0.25, -0.2) is 0 Å². The summed E-state index contributed by atoms with van der Waals surface area (Å²) in [6.45, 7) is 8.64. The summed E-state index contributed by atoms with van der Waals surface area (Å²) < 4.78 is 0. The van der Waals surface area contributed by atoms with Gasteiger partial charge in [0.15, 0.2) is 0 Å². The van der Waals surface area contributed by atoms with E-state index in [4.69, 9.17) is 0 Å². The second kappa shape index (κ2) is 7.10. The topological polar surface area (TPSA) is 15.3 Å². The molecule has 0 aromatic carbocycles. The lowest BCUT2D eigenvalue weighted by molar-refractivity contribution is 0.378. The average molecular weight is 184 g/mol. The summed E-state index contributed by atoms with van der Waals surface area (Å²) >= 11 is 0. The Bertz CT molecular complexity index is 146. The molecule has 0 aliphatic heterocycles. The highest BCUT2D eigenvalue weighted by molar-refractivity contribution is 5.00. The first-order chi connectivity index (χ1) is 6.06. The average Bonchev–Trinajstić information content (AvgIpc) is 1.99. The molecule has 0 amide bonds. The Balaban J connectivity index is 3.87. The van der Waals surface area contributed by atoms with Crippen molar-refractivity contribution in [3.8, 4) is 0 Å². The zero-order chi connectivity index (χ0) is 10.3. The highest BCUT2D eigenvalue weighted by Gasteiger charge is 2.03. The van der Waals surface area contributed by atoms with Crippen LogP contribution in [0.3, 0.4) is 0 Å². The molecule has 0 saturated carbocycles. The molecule has 0 aromatic heterocycles. The standard InChI is InChI=1S/C11H24N2/c1-6-12-11(9-10(2)3)7-8-13(4)5/h9,11-12H,6-8H2,1-5H3. The van der Waals surface area contributed by atoms with Crippen LogP contribution in [0.4, 0.5) is 0 Å². The SMILES string of the molecule is CCNC(C=C(C)C)CCN(C)C. The van der Waals surface area contributed by atoms with Crippen LogP contribution in [0.15, 0.2) is 11.6 Å². The number of rotatable bonds is 6. The van der Waals surface area contributed by atoms with Gasteiger partial charge in [-0.05, 0) is 47.5 Å². The lowest BCUT2D eigenvalue weighted by Crippen LogP contribution is -2.30. The van der Waals surface area contributed by atoms with E-state index in [-0.39, 0.29) is 0 Å². The highest BCUT2D eigenvalue weighted by atomic mass is 15.1. The molecule has 0 bridgehead atoms. The number of hydrogen-bond acceptors (Lipinski definition) is 2. The highest BCUT2D eigenvalue weighted by Crippen LogP contribution is 2.00. The third-order valence-electron chi connectivity index (χ3n) is 1.89. The second-order valence-corrected chi connectivity index (χ2v) is 4.00. The third-order valence-corrected chi connectivity index (χ3v) is 1.89. The minimum absolute atomic E-state index is 0.539. The number of nitrogens with zero attached hydrogens (tertiary/aromatic N) is 1. The summed E-state index contributed by atoms with van der Waals surface area (Å²) in [4.78, 5) is 2.23. The van der Waals surface area contributed by atoms with Crippen molar-refractivity contribution in [2.45, 2.75) is 33.2 Å². The zero-order valence-electron chi connectivity index (χ0n) is 9.72. The lowest BCUT2D eigenvalue weighted by Gasteiger charge is -2.17. The van der Waals surface area contributed by atoms with Crippen LogP contribution < -0.4 is 5.32 Å². The summed E-state index contributed by atoms with van der Waals surface area (Å²) in [6, 6.07) is 0.539. The molecular formula is C11H24N2. The van der Waals surface area contributed by atoms with Gasteiger partial charge in [-0.15, -0.1) is 0 Å². The predicted octanol–water partition coefficient (Wildman–Crippen LogP) is 1.88. The van der Waals surface area contributed by atoms with Gasteiger partial charge in [0, 0.05) is 6.04 Å². The third kappa shape index (κ3) is 8.00. The van der Waals surface area contributed by atoms with Crippen LogP contribution in [0.25, 0.3) is 0 Å². The van der Waals surface area contributed by atoms with E-state index in [1.807, 2.05) is 0 Å². The van der Waals surface area contributed by atoms with Gasteiger partial charge in [0.05, 0.1) is 0 Å². The molecule has 0 spiro atoms. The Morgan fingerprint density at radius 3 is 2.38 bits per heavy atom. The maximum atomic E-state index is 3.47. The minimum atomic E-state index is 0.539. The molecule has 2 nitrogen and oxygen atoms in total. The molecule has 1 atom stereocenters. The summed E-state index contributed by atoms with van der Waals surface area (Å²) in [6.07, 6.45) is 3.50. The van der Waals surface area contributed by atoms with Crippen molar-refractivity contribution < 1.29 is 0 Å². The zero-order valence-corrected chi connectivity index (χ0v) is 9.72. The molecule has 1 unspecified atom stereocenters. The smallest absolute Gasteiger partial charge is 0.0264 e. The summed E-state index contributed by atoms with van der Waals surface area (Å²) in [5, 5.41) is 3.47. The normalized spacial score (nSPS) is 13.1. The molecule has 0 fully saturated rings. The number of hydrogen-bond donors (Lipinski definition) is 1. The molecule has 0 heterocycles. The first kappa shape index (κ1) is 12.7. The molecular weight excluding hydrogens is 160 g/mol. The fraction of sp³-hybridized carbons (Fsp3) is 0.818. The summed E-state index contributed by atoms with van der Waals surface area (Å²) in [5.41, 5.74) is 1.39. The Labute approximate surface area is 83.0 Å².